The quantitative estimate of drug-likeness (QED) is 0.338. The summed E-state index contributed by atoms with van der Waals surface area (Å²) in [4.78, 5) is 36.2. The molecule has 32 heavy (non-hydrogen) atoms. The number of likely N-dealkylation sites (tertiary alicyclic amines) is 1. The number of hydrogen-bond acceptors (Lipinski definition) is 6. The van der Waals surface area contributed by atoms with E-state index in [0.717, 1.165) is 5.56 Å². The monoisotopic (exact) mass is 444 g/mol. The van der Waals surface area contributed by atoms with Crippen LogP contribution in [0.3, 0.4) is 0 Å². The number of esters is 1. The minimum Gasteiger partial charge on any atom is -0.457 e. The predicted molar refractivity (Wildman–Crippen MR) is 122 cm³/mol. The normalized spacial score (nSPS) is 14.6. The second-order valence-electron chi connectivity index (χ2n) is 6.46. The van der Waals surface area contributed by atoms with Gasteiger partial charge < -0.3 is 14.4 Å². The fourth-order valence-corrected chi connectivity index (χ4v) is 2.95. The predicted octanol–water partition coefficient (Wildman–Crippen LogP) is 5.61. The van der Waals surface area contributed by atoms with Crippen molar-refractivity contribution in [1.29, 1.82) is 0 Å². The van der Waals surface area contributed by atoms with Crippen LogP contribution >= 0.6 is 0 Å². The summed E-state index contributed by atoms with van der Waals surface area (Å²) in [6.45, 7) is 8.98. The Morgan fingerprint density at radius 2 is 1.66 bits per heavy atom. The molecule has 0 radical (unpaired) electrons. The van der Waals surface area contributed by atoms with E-state index in [2.05, 4.69) is 0 Å². The van der Waals surface area contributed by atoms with Crippen molar-refractivity contribution in [1.82, 2.24) is 4.90 Å². The summed E-state index contributed by atoms with van der Waals surface area (Å²) in [6, 6.07) is 14.6. The summed E-state index contributed by atoms with van der Waals surface area (Å²) < 4.78 is 10.8. The van der Waals surface area contributed by atoms with Crippen LogP contribution in [0.4, 0.5) is 10.5 Å². The number of benzene rings is 2. The molecule has 0 N–H and O–H groups in total. The molecule has 1 amide bonds. The number of hydrogen-bond donors (Lipinski definition) is 0. The Hall–Kier alpha value is -3.42. The van der Waals surface area contributed by atoms with Gasteiger partial charge in [-0.1, -0.05) is 58.0 Å². The van der Waals surface area contributed by atoms with Crippen LogP contribution in [0.15, 0.2) is 54.6 Å². The zero-order valence-corrected chi connectivity index (χ0v) is 19.2. The van der Waals surface area contributed by atoms with Crippen LogP contribution in [0.2, 0.25) is 0 Å². The van der Waals surface area contributed by atoms with Crippen molar-refractivity contribution in [2.24, 2.45) is 0 Å². The van der Waals surface area contributed by atoms with Crippen molar-refractivity contribution in [3.05, 3.63) is 75.8 Å². The first kappa shape index (κ1) is 26.6. The number of carbonyl (C=O) groups excluding carboxylic acids is 2. The van der Waals surface area contributed by atoms with Crippen molar-refractivity contribution in [3.63, 3.8) is 0 Å². The second-order valence-corrected chi connectivity index (χ2v) is 6.46. The van der Waals surface area contributed by atoms with Gasteiger partial charge in [-0.05, 0) is 30.5 Å². The molecule has 8 nitrogen and oxygen atoms in total. The highest BCUT2D eigenvalue weighted by molar-refractivity contribution is 5.89. The molecule has 1 atom stereocenters. The summed E-state index contributed by atoms with van der Waals surface area (Å²) in [5.74, 6) is -0.570. The number of ether oxygens (including phenoxy) is 2. The van der Waals surface area contributed by atoms with Crippen molar-refractivity contribution in [3.8, 4) is 0 Å². The minimum absolute atomic E-state index is 0.0958. The number of nitro groups is 1. The molecule has 0 bridgehead atoms. The lowest BCUT2D eigenvalue weighted by molar-refractivity contribution is -0.384. The number of rotatable bonds is 5. The number of nitro benzene ring substituents is 1. The highest BCUT2D eigenvalue weighted by atomic mass is 16.6. The van der Waals surface area contributed by atoms with Gasteiger partial charge in [0.2, 0.25) is 0 Å². The fraction of sp³-hybridized carbons (Fsp3) is 0.417. The number of nitrogens with zero attached hydrogens (tertiary/aromatic N) is 2. The van der Waals surface area contributed by atoms with E-state index in [-0.39, 0.29) is 24.4 Å². The average molecular weight is 445 g/mol. The Balaban J connectivity index is 0.00000121. The maximum absolute atomic E-state index is 12.3. The van der Waals surface area contributed by atoms with Gasteiger partial charge in [0.15, 0.2) is 0 Å². The highest BCUT2D eigenvalue weighted by Gasteiger charge is 2.27. The topological polar surface area (TPSA) is 99.0 Å². The molecule has 2 aromatic rings. The third-order valence-electron chi connectivity index (χ3n) is 4.43. The third kappa shape index (κ3) is 8.37. The number of carbonyl (C=O) groups is 2. The van der Waals surface area contributed by atoms with Crippen molar-refractivity contribution >= 4 is 17.7 Å². The standard InChI is InChI=1S/C20H20N2O6.2C2H6/c23-19(16-8-10-17(11-9-16)22(25)26)28-18-7-4-12-21(13-18)20(24)27-14-15-5-2-1-3-6-15;2*1-2/h1-3,5-6,8-11,18H,4,7,12-14H2;2*1-2H3/t18-;;/m1../s1. The lowest BCUT2D eigenvalue weighted by Crippen LogP contribution is -2.44. The van der Waals surface area contributed by atoms with Gasteiger partial charge in [-0.15, -0.1) is 0 Å². The maximum atomic E-state index is 12.3. The molecule has 2 aromatic carbocycles. The molecule has 1 aliphatic heterocycles. The molecule has 0 saturated carbocycles. The first-order valence-corrected chi connectivity index (χ1v) is 10.9. The van der Waals surface area contributed by atoms with Gasteiger partial charge in [-0.3, -0.25) is 10.1 Å². The van der Waals surface area contributed by atoms with Crippen LogP contribution in [-0.2, 0) is 16.1 Å². The second kappa shape index (κ2) is 14.6. The van der Waals surface area contributed by atoms with E-state index in [9.17, 15) is 19.7 Å². The van der Waals surface area contributed by atoms with E-state index in [1.54, 1.807) is 0 Å². The van der Waals surface area contributed by atoms with E-state index in [1.165, 1.54) is 29.2 Å². The first-order valence-electron chi connectivity index (χ1n) is 10.9. The summed E-state index contributed by atoms with van der Waals surface area (Å²) in [6.07, 6.45) is 0.445. The Morgan fingerprint density at radius 3 is 2.25 bits per heavy atom. The molecule has 1 aliphatic rings. The average Bonchev–Trinajstić information content (AvgIpc) is 2.86. The van der Waals surface area contributed by atoms with Gasteiger partial charge in [0.1, 0.15) is 12.7 Å². The summed E-state index contributed by atoms with van der Waals surface area (Å²) in [5, 5.41) is 10.7. The molecule has 0 aromatic heterocycles. The van der Waals surface area contributed by atoms with Crippen molar-refractivity contribution in [2.75, 3.05) is 13.1 Å². The molecule has 3 rings (SSSR count). The summed E-state index contributed by atoms with van der Waals surface area (Å²) in [7, 11) is 0. The number of piperidine rings is 1. The van der Waals surface area contributed by atoms with Crippen LogP contribution in [-0.4, -0.2) is 41.1 Å². The maximum Gasteiger partial charge on any atom is 0.410 e. The lowest BCUT2D eigenvalue weighted by Gasteiger charge is -2.31. The van der Waals surface area contributed by atoms with Crippen molar-refractivity contribution < 1.29 is 24.0 Å². The van der Waals surface area contributed by atoms with Crippen LogP contribution < -0.4 is 0 Å². The van der Waals surface area contributed by atoms with E-state index in [1.807, 2.05) is 58.0 Å². The van der Waals surface area contributed by atoms with Crippen molar-refractivity contribution in [2.45, 2.75) is 53.2 Å². The molecular weight excluding hydrogens is 412 g/mol. The van der Waals surface area contributed by atoms with E-state index in [0.29, 0.717) is 19.4 Å². The minimum atomic E-state index is -0.570. The first-order chi connectivity index (χ1) is 15.5. The lowest BCUT2D eigenvalue weighted by atomic mass is 10.1. The van der Waals surface area contributed by atoms with E-state index < -0.39 is 23.1 Å². The van der Waals surface area contributed by atoms with Gasteiger partial charge >= 0.3 is 12.1 Å². The largest absolute Gasteiger partial charge is 0.457 e. The Kier molecular flexibility index (Phi) is 12.1. The van der Waals surface area contributed by atoms with Gasteiger partial charge in [-0.25, -0.2) is 9.59 Å². The van der Waals surface area contributed by atoms with Crippen LogP contribution in [0, 0.1) is 10.1 Å². The zero-order valence-electron chi connectivity index (χ0n) is 19.2. The van der Waals surface area contributed by atoms with Crippen LogP contribution in [0.25, 0.3) is 0 Å². The molecule has 1 heterocycles. The SMILES string of the molecule is CC.CC.O=C(O[C@@H]1CCCN(C(=O)OCc2ccccc2)C1)c1ccc([N+](=O)[O-])cc1. The zero-order chi connectivity index (χ0) is 23.9. The van der Waals surface area contributed by atoms with Gasteiger partial charge in [0.05, 0.1) is 17.0 Å². The van der Waals surface area contributed by atoms with Crippen LogP contribution in [0.1, 0.15) is 56.5 Å². The van der Waals surface area contributed by atoms with Gasteiger partial charge in [0, 0.05) is 18.7 Å². The van der Waals surface area contributed by atoms with E-state index >= 15 is 0 Å². The van der Waals surface area contributed by atoms with Crippen LogP contribution in [0.5, 0.6) is 0 Å². The Labute approximate surface area is 189 Å². The summed E-state index contributed by atoms with van der Waals surface area (Å²) >= 11 is 0. The Morgan fingerprint density at radius 1 is 1.03 bits per heavy atom. The highest BCUT2D eigenvalue weighted by Crippen LogP contribution is 2.18. The molecular formula is C24H32N2O6. The van der Waals surface area contributed by atoms with E-state index in [4.69, 9.17) is 9.47 Å². The summed E-state index contributed by atoms with van der Waals surface area (Å²) in [5.41, 5.74) is 1.03. The smallest absolute Gasteiger partial charge is 0.410 e. The molecule has 1 saturated heterocycles. The molecule has 174 valence electrons. The fourth-order valence-electron chi connectivity index (χ4n) is 2.95. The number of non-ortho nitro benzene ring substituents is 1. The van der Waals surface area contributed by atoms with Gasteiger partial charge in [-0.2, -0.15) is 0 Å². The molecule has 8 heteroatoms. The molecule has 0 unspecified atom stereocenters. The Bertz CT molecular complexity index is 839. The van der Waals surface area contributed by atoms with Gasteiger partial charge in [0.25, 0.3) is 5.69 Å². The number of amides is 1. The molecule has 0 aliphatic carbocycles. The molecule has 0 spiro atoms. The molecule has 1 fully saturated rings. The third-order valence-corrected chi connectivity index (χ3v) is 4.43.